The molecule has 616 valence electrons. The molecule has 20 N–H and O–H groups in total. The van der Waals surface area contributed by atoms with Gasteiger partial charge in [0.25, 0.3) is 0 Å². The Balaban J connectivity index is 1.80. The number of benzene rings is 1. The summed E-state index contributed by atoms with van der Waals surface area (Å²) < 4.78 is 34.9. The van der Waals surface area contributed by atoms with Crippen LogP contribution >= 0.6 is 0 Å². The molecule has 0 bridgehead atoms. The normalized spacial score (nSPS) is 24.7. The zero-order chi connectivity index (χ0) is 80.9. The van der Waals surface area contributed by atoms with Crippen molar-refractivity contribution in [2.45, 2.75) is 258 Å². The number of amides is 12. The topological polar surface area (TPSA) is 507 Å². The number of H-pyrrole nitrogens is 1. The molecule has 1 aromatic carbocycles. The van der Waals surface area contributed by atoms with Gasteiger partial charge in [0.2, 0.25) is 80.9 Å². The van der Waals surface area contributed by atoms with Crippen molar-refractivity contribution < 1.29 is 70.7 Å². The highest BCUT2D eigenvalue weighted by Crippen LogP contribution is 2.24. The van der Waals surface area contributed by atoms with Crippen LogP contribution in [0.4, 0.5) is 0 Å². The van der Waals surface area contributed by atoms with Crippen molar-refractivity contribution in [3.8, 4) is 0 Å². The van der Waals surface area contributed by atoms with Crippen LogP contribution in [0.25, 0.3) is 10.9 Å². The van der Waals surface area contributed by atoms with E-state index < -0.39 is 185 Å². The summed E-state index contributed by atoms with van der Waals surface area (Å²) in [5.41, 5.74) is 24.8. The fourth-order valence-electron chi connectivity index (χ4n) is 13.1. The lowest BCUT2D eigenvalue weighted by Gasteiger charge is -2.31. The van der Waals surface area contributed by atoms with Crippen molar-refractivity contribution >= 4 is 91.8 Å². The zero-order valence-electron chi connectivity index (χ0n) is 66.0. The largest absolute Gasteiger partial charge is 0.370 e. The van der Waals surface area contributed by atoms with Gasteiger partial charge in [0.15, 0.2) is 0 Å². The van der Waals surface area contributed by atoms with E-state index in [1.54, 1.807) is 38.8 Å². The van der Waals surface area contributed by atoms with Gasteiger partial charge in [-0.2, -0.15) is 4.31 Å². The van der Waals surface area contributed by atoms with E-state index in [0.29, 0.717) is 82.7 Å². The molecular weight excluding hydrogens is 1430 g/mol. The molecule has 0 saturated carbocycles. The number of rotatable bonds is 28. The van der Waals surface area contributed by atoms with Crippen LogP contribution < -0.4 is 81.4 Å². The Kier molecular flexibility index (Phi) is 41.8. The number of aromatic amines is 1. The van der Waals surface area contributed by atoms with Crippen molar-refractivity contribution in [2.24, 2.45) is 46.6 Å². The third-order valence-electron chi connectivity index (χ3n) is 19.3. The smallest absolute Gasteiger partial charge is 0.246 e. The van der Waals surface area contributed by atoms with E-state index >= 15 is 0 Å². The fourth-order valence-corrected chi connectivity index (χ4v) is 14.6. The molecule has 11 atom stereocenters. The summed E-state index contributed by atoms with van der Waals surface area (Å²) >= 11 is 0. The molecule has 0 spiro atoms. The number of carbonyl (C=O) groups excluding carboxylic acids is 12. The van der Waals surface area contributed by atoms with E-state index in [-0.39, 0.29) is 103 Å². The molecular formula is C75H130N18O15S. The lowest BCUT2D eigenvalue weighted by molar-refractivity contribution is -0.139. The number of aromatic nitrogens is 1. The van der Waals surface area contributed by atoms with Crippen LogP contribution in [0.3, 0.4) is 0 Å². The molecule has 3 heterocycles. The van der Waals surface area contributed by atoms with E-state index in [1.165, 1.54) is 6.92 Å². The quantitative estimate of drug-likeness (QED) is 0.0501. The second kappa shape index (κ2) is 48.7. The molecule has 2 aliphatic rings. The number of carbonyl (C=O) groups is 12. The third-order valence-corrected chi connectivity index (χ3v) is 21.2. The molecule has 2 fully saturated rings. The molecule has 0 unspecified atom stereocenters. The lowest BCUT2D eigenvalue weighted by atomic mass is 9.98. The first kappa shape index (κ1) is 93.5. The second-order valence-corrected chi connectivity index (χ2v) is 32.4. The summed E-state index contributed by atoms with van der Waals surface area (Å²) in [4.78, 5) is 178. The van der Waals surface area contributed by atoms with Gasteiger partial charge in [-0.25, -0.2) is 8.42 Å². The molecule has 0 aliphatic carbocycles. The minimum atomic E-state index is -4.28. The molecule has 0 radical (unpaired) electrons. The number of ether oxygens (including phenoxy) is 1. The average Bonchev–Trinajstić information content (AvgIpc) is 1.70. The van der Waals surface area contributed by atoms with Crippen LogP contribution in [0.2, 0.25) is 0 Å². The first-order valence-corrected chi connectivity index (χ1v) is 40.9. The van der Waals surface area contributed by atoms with Crippen molar-refractivity contribution in [1.29, 1.82) is 0 Å². The predicted molar refractivity (Wildman–Crippen MR) is 416 cm³/mol. The number of nitrogens with two attached hydrogens (primary N) is 4. The van der Waals surface area contributed by atoms with Gasteiger partial charge in [0.05, 0.1) is 24.9 Å². The standard InChI is InChI=1S/C75H130N18O15S/c1-11-12-26-56-70(100)90-65(49(8)9)74(104)91-64(48(6)7)73(103)82-50(10)66(96)89-61(41-51-42-81-54-27-16-15-25-53(51)54)75(105)93-36-22-24-52(93)44-108-45-63(95)84-57(30-18-21-33-78)68(98)87-60(40-47(4)5)72(102)86-58(28-14-13-19-31-76)69(99)88-59(39-46(2)3)71(101)85-55(29-17-20-32-77)67(97)80-35-37-92(43-62(94)83-56)109(106,107)38-23-34-79/h15-16,25,27,42,46-50,52,55-61,64-65,81H,11-14,17-24,26,28-41,43-45,76-79H2,1-10H3,(H,80,97)(H,82,103)(H,83,94)(H,84,95)(H,85,101)(H,86,102)(H,87,98)(H,88,99)(H,89,96)(H,90,100)(H,91,104)/t50-,52+,55-,56-,57-,58-,59-,60-,61-,64-,65-/m0/s1. The molecule has 4 rings (SSSR count). The molecule has 2 aromatic rings. The van der Waals surface area contributed by atoms with E-state index in [0.717, 1.165) is 15.2 Å². The van der Waals surface area contributed by atoms with Gasteiger partial charge in [-0.3, -0.25) is 57.5 Å². The SMILES string of the molecule is CCCC[C@@H]1NC(=O)CN(S(=O)(=O)CCCN)CCNC(=O)[C@H](CCCCN)NC(=O)[C@H](CC(C)C)NC(=O)[C@H](CCCCCN)NC(=O)[C@H](CC(C)C)NC(=O)[C@H](CCCCN)NC(=O)COC[C@H]2CCCN2C(=O)[C@H](Cc2c[nH]c3ccccc23)NC(=O)[C@H](C)NC(=O)[C@H](C(C)C)NC(=O)[C@H](C(C)C)NC1=O. The average molecular weight is 1560 g/mol. The van der Waals surface area contributed by atoms with Crippen molar-refractivity contribution in [3.63, 3.8) is 0 Å². The highest BCUT2D eigenvalue weighted by molar-refractivity contribution is 7.89. The summed E-state index contributed by atoms with van der Waals surface area (Å²) in [6.07, 6.45) is 7.65. The first-order valence-electron chi connectivity index (χ1n) is 39.3. The number of fused-ring (bicyclic) bond motifs is 2. The molecule has 2 aliphatic heterocycles. The maximum atomic E-state index is 15.0. The third kappa shape index (κ3) is 32.2. The monoisotopic (exact) mass is 1550 g/mol. The van der Waals surface area contributed by atoms with Crippen molar-refractivity contribution in [2.75, 3.05) is 71.3 Å². The van der Waals surface area contributed by atoms with Crippen LogP contribution in [0.1, 0.15) is 190 Å². The summed E-state index contributed by atoms with van der Waals surface area (Å²) in [5.74, 6) is -10.7. The number of hydrogen-bond acceptors (Lipinski definition) is 19. The number of hydrogen-bond donors (Lipinski definition) is 16. The van der Waals surface area contributed by atoms with E-state index in [1.807, 2.05) is 58.9 Å². The number of nitrogens with one attached hydrogen (secondary N) is 12. The summed E-state index contributed by atoms with van der Waals surface area (Å²) in [6.45, 7) is 16.2. The van der Waals surface area contributed by atoms with Crippen LogP contribution in [0.5, 0.6) is 0 Å². The Hall–Kier alpha value is -7.89. The second-order valence-electron chi connectivity index (χ2n) is 30.3. The number of sulfonamides is 1. The molecule has 33 nitrogen and oxygen atoms in total. The number of unbranched alkanes of at least 4 members (excludes halogenated alkanes) is 5. The van der Waals surface area contributed by atoms with E-state index in [2.05, 4.69) is 63.5 Å². The highest BCUT2D eigenvalue weighted by Gasteiger charge is 2.40. The first-order chi connectivity index (χ1) is 51.8. The van der Waals surface area contributed by atoms with Crippen LogP contribution in [-0.2, 0) is 78.7 Å². The van der Waals surface area contributed by atoms with Gasteiger partial charge in [-0.05, 0) is 158 Å². The zero-order valence-corrected chi connectivity index (χ0v) is 66.8. The summed E-state index contributed by atoms with van der Waals surface area (Å²) in [5, 5.41) is 31.3. The minimum Gasteiger partial charge on any atom is -0.370 e. The lowest BCUT2D eigenvalue weighted by Crippen LogP contribution is -2.61. The van der Waals surface area contributed by atoms with E-state index in [4.69, 9.17) is 27.7 Å². The van der Waals surface area contributed by atoms with Gasteiger partial charge >= 0.3 is 0 Å². The molecule has 12 amide bonds. The predicted octanol–water partition coefficient (Wildman–Crippen LogP) is 0.0678. The minimum absolute atomic E-state index is 0.00660. The Labute approximate surface area is 644 Å². The van der Waals surface area contributed by atoms with Gasteiger partial charge in [-0.15, -0.1) is 0 Å². The van der Waals surface area contributed by atoms with Gasteiger partial charge in [0.1, 0.15) is 67.0 Å². The van der Waals surface area contributed by atoms with Crippen LogP contribution in [-0.4, -0.2) is 231 Å². The Morgan fingerprint density at radius 2 is 0.972 bits per heavy atom. The Morgan fingerprint density at radius 1 is 0.505 bits per heavy atom. The van der Waals surface area contributed by atoms with Crippen LogP contribution in [0.15, 0.2) is 30.5 Å². The summed E-state index contributed by atoms with van der Waals surface area (Å²) in [7, 11) is -4.28. The Bertz CT molecular complexity index is 3370. The highest BCUT2D eigenvalue weighted by atomic mass is 32.2. The van der Waals surface area contributed by atoms with Crippen LogP contribution in [0, 0.1) is 23.7 Å². The number of nitrogens with zero attached hydrogens (tertiary/aromatic N) is 2. The summed E-state index contributed by atoms with van der Waals surface area (Å²) in [6, 6.07) is -5.63. The van der Waals surface area contributed by atoms with Gasteiger partial charge in [-0.1, -0.05) is 106 Å². The number of para-hydroxylation sites is 1. The maximum absolute atomic E-state index is 15.0. The maximum Gasteiger partial charge on any atom is 0.246 e. The van der Waals surface area contributed by atoms with Crippen molar-refractivity contribution in [1.82, 2.24) is 72.7 Å². The molecule has 109 heavy (non-hydrogen) atoms. The molecule has 2 saturated heterocycles. The van der Waals surface area contributed by atoms with Gasteiger partial charge < -0.3 is 96.0 Å². The van der Waals surface area contributed by atoms with E-state index in [9.17, 15) is 66.0 Å². The Morgan fingerprint density at radius 3 is 1.52 bits per heavy atom. The molecule has 1 aromatic heterocycles. The molecule has 34 heteroatoms. The van der Waals surface area contributed by atoms with Crippen molar-refractivity contribution in [3.05, 3.63) is 36.0 Å². The van der Waals surface area contributed by atoms with Gasteiger partial charge in [0, 0.05) is 43.2 Å². The fraction of sp³-hybridized carbons (Fsp3) is 0.733.